The van der Waals surface area contributed by atoms with E-state index in [0.717, 1.165) is 17.7 Å². The molecule has 0 spiro atoms. The van der Waals surface area contributed by atoms with Gasteiger partial charge in [0, 0.05) is 5.56 Å². The van der Waals surface area contributed by atoms with E-state index in [4.69, 9.17) is 0 Å². The Morgan fingerprint density at radius 3 is 2.27 bits per heavy atom. The molecule has 0 radical (unpaired) electrons. The van der Waals surface area contributed by atoms with E-state index in [9.17, 15) is 17.6 Å². The van der Waals surface area contributed by atoms with Crippen LogP contribution in [0, 0.1) is 19.7 Å². The third kappa shape index (κ3) is 3.69. The number of benzene rings is 2. The summed E-state index contributed by atoms with van der Waals surface area (Å²) in [5.74, 6) is -1.15. The van der Waals surface area contributed by atoms with Gasteiger partial charge in [-0.2, -0.15) is 0 Å². The molecule has 0 bridgehead atoms. The van der Waals surface area contributed by atoms with Gasteiger partial charge in [-0.15, -0.1) is 4.83 Å². The van der Waals surface area contributed by atoms with Gasteiger partial charge in [-0.25, -0.2) is 12.8 Å². The second-order valence-corrected chi connectivity index (χ2v) is 6.49. The zero-order valence-corrected chi connectivity index (χ0v) is 12.9. The van der Waals surface area contributed by atoms with E-state index in [2.05, 4.69) is 5.43 Å². The Hall–Kier alpha value is -2.25. The van der Waals surface area contributed by atoms with Crippen LogP contribution in [-0.4, -0.2) is 14.3 Å². The molecule has 116 valence electrons. The topological polar surface area (TPSA) is 75.3 Å². The quantitative estimate of drug-likeness (QED) is 0.846. The highest BCUT2D eigenvalue weighted by Gasteiger charge is 2.18. The Morgan fingerprint density at radius 1 is 1.05 bits per heavy atom. The van der Waals surface area contributed by atoms with Crippen molar-refractivity contribution in [1.29, 1.82) is 0 Å². The molecule has 0 unspecified atom stereocenters. The van der Waals surface area contributed by atoms with E-state index < -0.39 is 21.7 Å². The SMILES string of the molecule is Cc1ccc(S(=O)(=O)NNC(=O)c2ccc(F)cc2)c(C)c1. The van der Waals surface area contributed by atoms with E-state index in [1.165, 1.54) is 18.2 Å². The normalized spacial score (nSPS) is 11.2. The van der Waals surface area contributed by atoms with E-state index in [-0.39, 0.29) is 10.5 Å². The average Bonchev–Trinajstić information content (AvgIpc) is 2.45. The number of hydrazine groups is 1. The Morgan fingerprint density at radius 2 is 1.68 bits per heavy atom. The predicted octanol–water partition coefficient (Wildman–Crippen LogP) is 2.07. The van der Waals surface area contributed by atoms with Gasteiger partial charge in [-0.1, -0.05) is 17.7 Å². The number of hydrogen-bond donors (Lipinski definition) is 2. The third-order valence-electron chi connectivity index (χ3n) is 3.03. The van der Waals surface area contributed by atoms with Crippen molar-refractivity contribution in [3.05, 3.63) is 65.0 Å². The number of hydrogen-bond acceptors (Lipinski definition) is 3. The molecule has 0 aromatic heterocycles. The summed E-state index contributed by atoms with van der Waals surface area (Å²) in [5, 5.41) is 0. The summed E-state index contributed by atoms with van der Waals surface area (Å²) in [6.07, 6.45) is 0. The molecule has 22 heavy (non-hydrogen) atoms. The van der Waals surface area contributed by atoms with Crippen LogP contribution in [0.15, 0.2) is 47.4 Å². The smallest absolute Gasteiger partial charge is 0.266 e. The van der Waals surface area contributed by atoms with Crippen LogP contribution >= 0.6 is 0 Å². The van der Waals surface area contributed by atoms with Crippen molar-refractivity contribution in [3.8, 4) is 0 Å². The highest BCUT2D eigenvalue weighted by Crippen LogP contribution is 2.15. The molecule has 0 saturated carbocycles. The third-order valence-corrected chi connectivity index (χ3v) is 4.43. The molecule has 2 aromatic carbocycles. The molecule has 7 heteroatoms. The first-order chi connectivity index (χ1) is 10.3. The highest BCUT2D eigenvalue weighted by molar-refractivity contribution is 7.89. The van der Waals surface area contributed by atoms with Gasteiger partial charge >= 0.3 is 0 Å². The fourth-order valence-corrected chi connectivity index (χ4v) is 3.01. The minimum Gasteiger partial charge on any atom is -0.273 e. The summed E-state index contributed by atoms with van der Waals surface area (Å²) >= 11 is 0. The van der Waals surface area contributed by atoms with Gasteiger partial charge in [-0.05, 0) is 49.7 Å². The Labute approximate surface area is 128 Å². The minimum absolute atomic E-state index is 0.0810. The van der Waals surface area contributed by atoms with E-state index in [1.54, 1.807) is 19.1 Å². The Balaban J connectivity index is 2.12. The van der Waals surface area contributed by atoms with Crippen molar-refractivity contribution in [2.75, 3.05) is 0 Å². The molecule has 1 amide bonds. The van der Waals surface area contributed by atoms with Crippen molar-refractivity contribution < 1.29 is 17.6 Å². The predicted molar refractivity (Wildman–Crippen MR) is 80.1 cm³/mol. The number of nitrogens with one attached hydrogen (secondary N) is 2. The summed E-state index contributed by atoms with van der Waals surface area (Å²) in [6, 6.07) is 9.63. The lowest BCUT2D eigenvalue weighted by Crippen LogP contribution is -2.41. The maximum atomic E-state index is 12.8. The molecule has 0 aliphatic carbocycles. The Kier molecular flexibility index (Phi) is 4.58. The lowest BCUT2D eigenvalue weighted by molar-refractivity contribution is 0.0945. The van der Waals surface area contributed by atoms with Gasteiger partial charge < -0.3 is 0 Å². The van der Waals surface area contributed by atoms with Crippen LogP contribution in [0.1, 0.15) is 21.5 Å². The molecule has 2 N–H and O–H groups in total. The molecule has 0 aliphatic heterocycles. The minimum atomic E-state index is -3.87. The van der Waals surface area contributed by atoms with Crippen molar-refractivity contribution in [2.24, 2.45) is 0 Å². The van der Waals surface area contributed by atoms with Gasteiger partial charge in [0.25, 0.3) is 15.9 Å². The standard InChI is InChI=1S/C15H15FN2O3S/c1-10-3-8-14(11(2)9-10)22(20,21)18-17-15(19)12-4-6-13(16)7-5-12/h3-9,18H,1-2H3,(H,17,19). The molecule has 0 aliphatic rings. The zero-order chi connectivity index (χ0) is 16.3. The largest absolute Gasteiger partial charge is 0.273 e. The van der Waals surface area contributed by atoms with Crippen molar-refractivity contribution >= 4 is 15.9 Å². The van der Waals surface area contributed by atoms with Crippen LogP contribution in [0.3, 0.4) is 0 Å². The first-order valence-electron chi connectivity index (χ1n) is 6.44. The molecule has 0 fully saturated rings. The van der Waals surface area contributed by atoms with E-state index in [0.29, 0.717) is 5.56 Å². The second-order valence-electron chi connectivity index (χ2n) is 4.84. The van der Waals surface area contributed by atoms with Crippen LogP contribution < -0.4 is 10.3 Å². The number of rotatable bonds is 4. The summed E-state index contributed by atoms with van der Waals surface area (Å²) in [5.41, 5.74) is 3.75. The number of halogens is 1. The summed E-state index contributed by atoms with van der Waals surface area (Å²) in [4.78, 5) is 13.9. The lowest BCUT2D eigenvalue weighted by Gasteiger charge is -2.11. The summed E-state index contributed by atoms with van der Waals surface area (Å²) < 4.78 is 37.1. The van der Waals surface area contributed by atoms with Gasteiger partial charge in [0.1, 0.15) is 5.82 Å². The van der Waals surface area contributed by atoms with E-state index in [1.807, 2.05) is 11.8 Å². The maximum absolute atomic E-state index is 12.8. The summed E-state index contributed by atoms with van der Waals surface area (Å²) in [6.45, 7) is 3.52. The van der Waals surface area contributed by atoms with Gasteiger partial charge in [0.2, 0.25) is 0 Å². The van der Waals surface area contributed by atoms with Crippen molar-refractivity contribution in [3.63, 3.8) is 0 Å². The van der Waals surface area contributed by atoms with Crippen LogP contribution in [0.25, 0.3) is 0 Å². The van der Waals surface area contributed by atoms with Gasteiger partial charge in [-0.3, -0.25) is 10.2 Å². The van der Waals surface area contributed by atoms with Crippen LogP contribution in [-0.2, 0) is 10.0 Å². The van der Waals surface area contributed by atoms with Gasteiger partial charge in [0.05, 0.1) is 4.90 Å². The van der Waals surface area contributed by atoms with Crippen LogP contribution in [0.2, 0.25) is 0 Å². The number of carbonyl (C=O) groups excluding carboxylic acids is 1. The zero-order valence-electron chi connectivity index (χ0n) is 12.1. The molecular formula is C15H15FN2O3S. The fraction of sp³-hybridized carbons (Fsp3) is 0.133. The molecule has 0 atom stereocenters. The molecular weight excluding hydrogens is 307 g/mol. The monoisotopic (exact) mass is 322 g/mol. The van der Waals surface area contributed by atoms with Crippen molar-refractivity contribution in [2.45, 2.75) is 18.7 Å². The second kappa shape index (κ2) is 6.25. The van der Waals surface area contributed by atoms with Crippen molar-refractivity contribution in [1.82, 2.24) is 10.3 Å². The molecule has 5 nitrogen and oxygen atoms in total. The molecule has 2 aromatic rings. The molecule has 0 saturated heterocycles. The van der Waals surface area contributed by atoms with Crippen LogP contribution in [0.4, 0.5) is 4.39 Å². The molecule has 0 heterocycles. The summed E-state index contributed by atoms with van der Waals surface area (Å²) in [7, 11) is -3.87. The number of sulfonamides is 1. The average molecular weight is 322 g/mol. The molecule has 2 rings (SSSR count). The number of aryl methyl sites for hydroxylation is 2. The van der Waals surface area contributed by atoms with E-state index >= 15 is 0 Å². The number of carbonyl (C=O) groups is 1. The first-order valence-corrected chi connectivity index (χ1v) is 7.93. The van der Waals surface area contributed by atoms with Crippen LogP contribution in [0.5, 0.6) is 0 Å². The maximum Gasteiger partial charge on any atom is 0.266 e. The fourth-order valence-electron chi connectivity index (χ4n) is 1.94. The first kappa shape index (κ1) is 16.1. The Bertz CT molecular complexity index is 802. The van der Waals surface area contributed by atoms with Gasteiger partial charge in [0.15, 0.2) is 0 Å². The lowest BCUT2D eigenvalue weighted by atomic mass is 10.2. The number of amides is 1. The highest BCUT2D eigenvalue weighted by atomic mass is 32.2.